The highest BCUT2D eigenvalue weighted by atomic mass is 16.4. The second-order valence-corrected chi connectivity index (χ2v) is 4.47. The highest BCUT2D eigenvalue weighted by molar-refractivity contribution is 6.03. The summed E-state index contributed by atoms with van der Waals surface area (Å²) in [4.78, 5) is 23.4. The zero-order valence-electron chi connectivity index (χ0n) is 11.0. The zero-order valence-corrected chi connectivity index (χ0v) is 11.0. The highest BCUT2D eigenvalue weighted by Crippen LogP contribution is 2.31. The van der Waals surface area contributed by atoms with Crippen molar-refractivity contribution in [2.24, 2.45) is 5.41 Å². The molecule has 3 heteroatoms. The lowest BCUT2D eigenvalue weighted by Gasteiger charge is -2.25. The molecule has 0 aliphatic heterocycles. The molecule has 0 saturated carbocycles. The molecule has 0 aromatic carbocycles. The molecule has 17 heavy (non-hydrogen) atoms. The van der Waals surface area contributed by atoms with E-state index in [1.807, 2.05) is 0 Å². The lowest BCUT2D eigenvalue weighted by atomic mass is 9.76. The Morgan fingerprint density at radius 1 is 1.24 bits per heavy atom. The molecule has 0 amide bonds. The van der Waals surface area contributed by atoms with E-state index in [0.29, 0.717) is 12.8 Å². The highest BCUT2D eigenvalue weighted by Gasteiger charge is 2.42. The predicted molar refractivity (Wildman–Crippen MR) is 68.9 cm³/mol. The summed E-state index contributed by atoms with van der Waals surface area (Å²) in [5.74, 6) is -1.16. The maximum absolute atomic E-state index is 12.1. The molecule has 0 radical (unpaired) electrons. The second-order valence-electron chi connectivity index (χ2n) is 4.47. The number of hydrogen-bond acceptors (Lipinski definition) is 2. The Morgan fingerprint density at radius 2 is 1.88 bits per heavy atom. The molecule has 0 rings (SSSR count). The summed E-state index contributed by atoms with van der Waals surface area (Å²) in [5, 5.41) is 9.26. The van der Waals surface area contributed by atoms with Crippen molar-refractivity contribution >= 4 is 11.8 Å². The second kappa shape index (κ2) is 8.04. The fourth-order valence-corrected chi connectivity index (χ4v) is 2.01. The van der Waals surface area contributed by atoms with Crippen molar-refractivity contribution in [3.05, 3.63) is 12.7 Å². The van der Waals surface area contributed by atoms with E-state index < -0.39 is 11.4 Å². The van der Waals surface area contributed by atoms with Gasteiger partial charge >= 0.3 is 5.97 Å². The van der Waals surface area contributed by atoms with Gasteiger partial charge < -0.3 is 5.11 Å². The number of aliphatic carboxylic acids is 1. The number of carbonyl (C=O) groups is 2. The molecule has 0 aromatic heterocycles. The van der Waals surface area contributed by atoms with Gasteiger partial charge in [-0.05, 0) is 19.3 Å². The van der Waals surface area contributed by atoms with E-state index in [0.717, 1.165) is 25.7 Å². The molecule has 0 aromatic rings. The van der Waals surface area contributed by atoms with Gasteiger partial charge in [-0.2, -0.15) is 0 Å². The molecule has 1 atom stereocenters. The molecular formula is C14H24O3. The first kappa shape index (κ1) is 15.9. The van der Waals surface area contributed by atoms with Gasteiger partial charge in [0.05, 0.1) is 0 Å². The van der Waals surface area contributed by atoms with Crippen LogP contribution in [0.15, 0.2) is 12.7 Å². The Kier molecular flexibility index (Phi) is 7.51. The van der Waals surface area contributed by atoms with Gasteiger partial charge in [0.15, 0.2) is 0 Å². The Morgan fingerprint density at radius 3 is 2.29 bits per heavy atom. The van der Waals surface area contributed by atoms with Gasteiger partial charge in [0.1, 0.15) is 11.2 Å². The van der Waals surface area contributed by atoms with E-state index >= 15 is 0 Å². The van der Waals surface area contributed by atoms with Gasteiger partial charge in [0, 0.05) is 6.42 Å². The van der Waals surface area contributed by atoms with Gasteiger partial charge in [-0.3, -0.25) is 9.59 Å². The molecule has 98 valence electrons. The van der Waals surface area contributed by atoms with Gasteiger partial charge in [-0.15, -0.1) is 6.58 Å². The minimum atomic E-state index is -1.24. The van der Waals surface area contributed by atoms with Crippen molar-refractivity contribution in [1.82, 2.24) is 0 Å². The van der Waals surface area contributed by atoms with Crippen LogP contribution in [0.1, 0.15) is 58.8 Å². The number of unbranched alkanes of at least 4 members (excludes halogenated alkanes) is 3. The average Bonchev–Trinajstić information content (AvgIpc) is 2.31. The molecular weight excluding hydrogens is 216 g/mol. The van der Waals surface area contributed by atoms with Crippen molar-refractivity contribution in [2.75, 3.05) is 0 Å². The molecule has 0 aliphatic rings. The van der Waals surface area contributed by atoms with Gasteiger partial charge in [-0.25, -0.2) is 0 Å². The van der Waals surface area contributed by atoms with Crippen molar-refractivity contribution in [2.45, 2.75) is 58.8 Å². The number of hydrogen-bond donors (Lipinski definition) is 1. The molecule has 1 N–H and O–H groups in total. The number of carboxylic acids is 1. The lowest BCUT2D eigenvalue weighted by molar-refractivity contribution is -0.155. The Labute approximate surface area is 104 Å². The summed E-state index contributed by atoms with van der Waals surface area (Å²) in [6, 6.07) is 0. The number of carboxylic acid groups (broad SMARTS) is 1. The van der Waals surface area contributed by atoms with E-state index in [-0.39, 0.29) is 12.2 Å². The summed E-state index contributed by atoms with van der Waals surface area (Å²) in [7, 11) is 0. The van der Waals surface area contributed by atoms with Crippen LogP contribution in [0.25, 0.3) is 0 Å². The molecule has 0 aliphatic carbocycles. The van der Waals surface area contributed by atoms with Crippen LogP contribution >= 0.6 is 0 Å². The Hall–Kier alpha value is -1.12. The summed E-state index contributed by atoms with van der Waals surface area (Å²) in [5.41, 5.74) is -1.24. The smallest absolute Gasteiger partial charge is 0.317 e. The first-order chi connectivity index (χ1) is 8.05. The molecule has 1 unspecified atom stereocenters. The number of Topliss-reactive ketones (excluding diaryl/α,β-unsaturated/α-hetero) is 1. The van der Waals surface area contributed by atoms with Crippen LogP contribution in [0.5, 0.6) is 0 Å². The zero-order chi connectivity index (χ0) is 13.3. The van der Waals surface area contributed by atoms with Gasteiger partial charge in [-0.1, -0.05) is 39.2 Å². The maximum atomic E-state index is 12.1. The molecule has 0 fully saturated rings. The third-order valence-electron chi connectivity index (χ3n) is 3.30. The molecule has 0 heterocycles. The van der Waals surface area contributed by atoms with Crippen LogP contribution in [0, 0.1) is 5.41 Å². The fraction of sp³-hybridized carbons (Fsp3) is 0.714. The number of carbonyl (C=O) groups excluding carboxylic acids is 1. The SMILES string of the molecule is C=CCC(CC)(C(=O)O)C(=O)CCCCCC. The van der Waals surface area contributed by atoms with Crippen molar-refractivity contribution in [3.63, 3.8) is 0 Å². The number of allylic oxidation sites excluding steroid dienone is 1. The average molecular weight is 240 g/mol. The first-order valence-corrected chi connectivity index (χ1v) is 6.42. The number of rotatable bonds is 10. The van der Waals surface area contributed by atoms with Crippen molar-refractivity contribution < 1.29 is 14.7 Å². The molecule has 0 bridgehead atoms. The van der Waals surface area contributed by atoms with Crippen LogP contribution in [-0.2, 0) is 9.59 Å². The quantitative estimate of drug-likeness (QED) is 0.361. The van der Waals surface area contributed by atoms with Gasteiger partial charge in [0.25, 0.3) is 0 Å². The third kappa shape index (κ3) is 4.33. The molecule has 3 nitrogen and oxygen atoms in total. The van der Waals surface area contributed by atoms with Crippen molar-refractivity contribution in [1.29, 1.82) is 0 Å². The minimum absolute atomic E-state index is 0.150. The largest absolute Gasteiger partial charge is 0.480 e. The van der Waals surface area contributed by atoms with E-state index in [4.69, 9.17) is 0 Å². The topological polar surface area (TPSA) is 54.4 Å². The molecule has 0 spiro atoms. The third-order valence-corrected chi connectivity index (χ3v) is 3.30. The molecule has 0 saturated heterocycles. The monoisotopic (exact) mass is 240 g/mol. The summed E-state index contributed by atoms with van der Waals surface area (Å²) in [6.07, 6.45) is 6.45. The van der Waals surface area contributed by atoms with E-state index in [9.17, 15) is 14.7 Å². The normalized spacial score (nSPS) is 14.0. The predicted octanol–water partition coefficient (Wildman–Crippen LogP) is 3.58. The summed E-state index contributed by atoms with van der Waals surface area (Å²) < 4.78 is 0. The van der Waals surface area contributed by atoms with Crippen molar-refractivity contribution in [3.8, 4) is 0 Å². The van der Waals surface area contributed by atoms with Gasteiger partial charge in [0.2, 0.25) is 0 Å². The Bertz CT molecular complexity index is 271. The Balaban J connectivity index is 4.53. The van der Waals surface area contributed by atoms with Crippen LogP contribution < -0.4 is 0 Å². The summed E-state index contributed by atoms with van der Waals surface area (Å²) in [6.45, 7) is 7.41. The maximum Gasteiger partial charge on any atom is 0.317 e. The standard InChI is InChI=1S/C14H24O3/c1-4-7-8-9-10-12(15)14(6-3,11-5-2)13(16)17/h5H,2,4,6-11H2,1,3H3,(H,16,17). The lowest BCUT2D eigenvalue weighted by Crippen LogP contribution is -2.38. The van der Waals surface area contributed by atoms with Crippen LogP contribution in [0.4, 0.5) is 0 Å². The number of ketones is 1. The van der Waals surface area contributed by atoms with Crippen LogP contribution in [0.3, 0.4) is 0 Å². The van der Waals surface area contributed by atoms with Crippen LogP contribution in [-0.4, -0.2) is 16.9 Å². The fourth-order valence-electron chi connectivity index (χ4n) is 2.01. The van der Waals surface area contributed by atoms with E-state index in [1.54, 1.807) is 6.92 Å². The van der Waals surface area contributed by atoms with E-state index in [2.05, 4.69) is 13.5 Å². The van der Waals surface area contributed by atoms with E-state index in [1.165, 1.54) is 6.08 Å². The summed E-state index contributed by atoms with van der Waals surface area (Å²) >= 11 is 0. The minimum Gasteiger partial charge on any atom is -0.480 e. The van der Waals surface area contributed by atoms with Crippen LogP contribution in [0.2, 0.25) is 0 Å². The first-order valence-electron chi connectivity index (χ1n) is 6.42.